The molecule has 1 aromatic carbocycles. The lowest BCUT2D eigenvalue weighted by atomic mass is 9.87. The highest BCUT2D eigenvalue weighted by molar-refractivity contribution is 5.38. The summed E-state index contributed by atoms with van der Waals surface area (Å²) < 4.78 is 19.6. The van der Waals surface area contributed by atoms with Crippen molar-refractivity contribution in [3.63, 3.8) is 0 Å². The molecule has 0 bridgehead atoms. The number of ether oxygens (including phenoxy) is 1. The lowest BCUT2D eigenvalue weighted by Gasteiger charge is -2.36. The molecule has 1 N–H and O–H groups in total. The first-order valence-electron chi connectivity index (χ1n) is 7.89. The van der Waals surface area contributed by atoms with E-state index < -0.39 is 0 Å². The van der Waals surface area contributed by atoms with E-state index in [0.717, 1.165) is 43.5 Å². The molecule has 0 amide bonds. The van der Waals surface area contributed by atoms with Crippen molar-refractivity contribution < 1.29 is 9.13 Å². The van der Waals surface area contributed by atoms with Gasteiger partial charge in [-0.15, -0.1) is 0 Å². The predicted octanol–water partition coefficient (Wildman–Crippen LogP) is 4.45. The first kappa shape index (κ1) is 15.3. The average molecular weight is 279 g/mol. The lowest BCUT2D eigenvalue weighted by molar-refractivity contribution is 0.0877. The van der Waals surface area contributed by atoms with Crippen LogP contribution in [0, 0.1) is 11.7 Å². The average Bonchev–Trinajstić information content (AvgIpc) is 2.46. The summed E-state index contributed by atoms with van der Waals surface area (Å²) in [5.41, 5.74) is 0.973. The summed E-state index contributed by atoms with van der Waals surface area (Å²) in [6, 6.07) is 5.09. The molecule has 0 aliphatic carbocycles. The lowest BCUT2D eigenvalue weighted by Crippen LogP contribution is -2.37. The number of rotatable bonds is 6. The molecule has 0 saturated carbocycles. The van der Waals surface area contributed by atoms with E-state index in [1.54, 1.807) is 12.1 Å². The standard InChI is InChI=1S/C17H26FNO/c1-4-9-19-15-11-17(12(5-2)6-3)20-16-8-7-13(18)10-14(15)16/h7-8,10,12,15,17,19H,4-6,9,11H2,1-3H3. The zero-order chi connectivity index (χ0) is 14.5. The van der Waals surface area contributed by atoms with Gasteiger partial charge in [0.1, 0.15) is 17.7 Å². The maximum atomic E-state index is 13.5. The number of nitrogens with one attached hydrogen (secondary N) is 1. The second-order valence-electron chi connectivity index (χ2n) is 5.66. The maximum absolute atomic E-state index is 13.5. The van der Waals surface area contributed by atoms with Gasteiger partial charge < -0.3 is 10.1 Å². The van der Waals surface area contributed by atoms with Crippen LogP contribution in [-0.2, 0) is 0 Å². The Balaban J connectivity index is 2.24. The molecular formula is C17H26FNO. The molecule has 0 aromatic heterocycles. The van der Waals surface area contributed by atoms with Crippen LogP contribution in [0.1, 0.15) is 58.1 Å². The van der Waals surface area contributed by atoms with Crippen LogP contribution in [0.4, 0.5) is 4.39 Å². The highest BCUT2D eigenvalue weighted by Crippen LogP contribution is 2.38. The van der Waals surface area contributed by atoms with Gasteiger partial charge >= 0.3 is 0 Å². The minimum Gasteiger partial charge on any atom is -0.490 e. The van der Waals surface area contributed by atoms with Gasteiger partial charge in [0, 0.05) is 18.0 Å². The highest BCUT2D eigenvalue weighted by Gasteiger charge is 2.31. The van der Waals surface area contributed by atoms with Crippen LogP contribution in [-0.4, -0.2) is 12.6 Å². The Kier molecular flexibility index (Phi) is 5.41. The van der Waals surface area contributed by atoms with Crippen LogP contribution in [0.2, 0.25) is 0 Å². The van der Waals surface area contributed by atoms with Crippen LogP contribution in [0.15, 0.2) is 18.2 Å². The van der Waals surface area contributed by atoms with Crippen LogP contribution in [0.3, 0.4) is 0 Å². The summed E-state index contributed by atoms with van der Waals surface area (Å²) in [4.78, 5) is 0. The van der Waals surface area contributed by atoms with Gasteiger partial charge in [-0.25, -0.2) is 4.39 Å². The van der Waals surface area contributed by atoms with E-state index in [9.17, 15) is 4.39 Å². The van der Waals surface area contributed by atoms with Crippen molar-refractivity contribution in [1.82, 2.24) is 5.32 Å². The molecule has 20 heavy (non-hydrogen) atoms. The zero-order valence-corrected chi connectivity index (χ0v) is 12.8. The Morgan fingerprint density at radius 3 is 2.70 bits per heavy atom. The molecule has 0 spiro atoms. The van der Waals surface area contributed by atoms with Crippen molar-refractivity contribution in [1.29, 1.82) is 0 Å². The molecule has 0 saturated heterocycles. The molecule has 3 heteroatoms. The molecule has 2 atom stereocenters. The van der Waals surface area contributed by atoms with Gasteiger partial charge in [-0.3, -0.25) is 0 Å². The first-order chi connectivity index (χ1) is 9.69. The molecule has 112 valence electrons. The van der Waals surface area contributed by atoms with Crippen molar-refractivity contribution in [2.45, 2.75) is 58.6 Å². The summed E-state index contributed by atoms with van der Waals surface area (Å²) in [5, 5.41) is 3.54. The fraction of sp³-hybridized carbons (Fsp3) is 0.647. The molecule has 2 nitrogen and oxygen atoms in total. The van der Waals surface area contributed by atoms with Gasteiger partial charge in [0.05, 0.1) is 0 Å². The molecule has 1 heterocycles. The number of fused-ring (bicyclic) bond motifs is 1. The van der Waals surface area contributed by atoms with Crippen LogP contribution in [0.5, 0.6) is 5.75 Å². The third-order valence-corrected chi connectivity index (χ3v) is 4.31. The van der Waals surface area contributed by atoms with Crippen molar-refractivity contribution in [2.75, 3.05) is 6.54 Å². The highest BCUT2D eigenvalue weighted by atomic mass is 19.1. The van der Waals surface area contributed by atoms with E-state index in [0.29, 0.717) is 5.92 Å². The second kappa shape index (κ2) is 7.07. The Hall–Kier alpha value is -1.09. The maximum Gasteiger partial charge on any atom is 0.124 e. The van der Waals surface area contributed by atoms with E-state index in [1.165, 1.54) is 6.07 Å². The Bertz CT molecular complexity index is 431. The fourth-order valence-electron chi connectivity index (χ4n) is 3.08. The Morgan fingerprint density at radius 2 is 2.05 bits per heavy atom. The van der Waals surface area contributed by atoms with Gasteiger partial charge in [-0.05, 0) is 49.9 Å². The molecule has 1 aliphatic rings. The Labute approximate surface area is 121 Å². The van der Waals surface area contributed by atoms with Crippen LogP contribution in [0.25, 0.3) is 0 Å². The van der Waals surface area contributed by atoms with E-state index in [1.807, 2.05) is 0 Å². The monoisotopic (exact) mass is 279 g/mol. The largest absolute Gasteiger partial charge is 0.490 e. The van der Waals surface area contributed by atoms with Crippen molar-refractivity contribution in [3.8, 4) is 5.75 Å². The molecule has 0 radical (unpaired) electrons. The van der Waals surface area contributed by atoms with Crippen molar-refractivity contribution in [3.05, 3.63) is 29.6 Å². The summed E-state index contributed by atoms with van der Waals surface area (Å²) >= 11 is 0. The Morgan fingerprint density at radius 1 is 1.30 bits per heavy atom. The summed E-state index contributed by atoms with van der Waals surface area (Å²) in [6.07, 6.45) is 4.49. The number of hydrogen-bond donors (Lipinski definition) is 1. The topological polar surface area (TPSA) is 21.3 Å². The second-order valence-corrected chi connectivity index (χ2v) is 5.66. The van der Waals surface area contributed by atoms with Crippen LogP contribution < -0.4 is 10.1 Å². The third kappa shape index (κ3) is 3.32. The molecule has 2 unspecified atom stereocenters. The summed E-state index contributed by atoms with van der Waals surface area (Å²) in [7, 11) is 0. The van der Waals surface area contributed by atoms with Gasteiger partial charge in [0.25, 0.3) is 0 Å². The first-order valence-corrected chi connectivity index (χ1v) is 7.89. The third-order valence-electron chi connectivity index (χ3n) is 4.31. The minimum absolute atomic E-state index is 0.184. The van der Waals surface area contributed by atoms with Crippen molar-refractivity contribution in [2.24, 2.45) is 5.92 Å². The summed E-state index contributed by atoms with van der Waals surface area (Å²) in [6.45, 7) is 7.53. The molecule has 1 aliphatic heterocycles. The molecular weight excluding hydrogens is 253 g/mol. The number of hydrogen-bond acceptors (Lipinski definition) is 2. The van der Waals surface area contributed by atoms with Gasteiger partial charge in [0.2, 0.25) is 0 Å². The fourth-order valence-corrected chi connectivity index (χ4v) is 3.08. The molecule has 1 aromatic rings. The zero-order valence-electron chi connectivity index (χ0n) is 12.8. The van der Waals surface area contributed by atoms with Gasteiger partial charge in [-0.1, -0.05) is 20.8 Å². The minimum atomic E-state index is -0.184. The summed E-state index contributed by atoms with van der Waals surface area (Å²) in [5.74, 6) is 1.24. The smallest absolute Gasteiger partial charge is 0.124 e. The van der Waals surface area contributed by atoms with E-state index in [-0.39, 0.29) is 18.0 Å². The van der Waals surface area contributed by atoms with E-state index >= 15 is 0 Å². The van der Waals surface area contributed by atoms with E-state index in [4.69, 9.17) is 4.74 Å². The van der Waals surface area contributed by atoms with Gasteiger partial charge in [0.15, 0.2) is 0 Å². The van der Waals surface area contributed by atoms with Crippen molar-refractivity contribution >= 4 is 0 Å². The number of halogens is 1. The van der Waals surface area contributed by atoms with Crippen LogP contribution >= 0.6 is 0 Å². The molecule has 0 fully saturated rings. The predicted molar refractivity (Wildman–Crippen MR) is 80.5 cm³/mol. The SMILES string of the molecule is CCCNC1CC(C(CC)CC)Oc2ccc(F)cc21. The normalized spacial score (nSPS) is 21.6. The molecule has 2 rings (SSSR count). The quantitative estimate of drug-likeness (QED) is 0.830. The van der Waals surface area contributed by atoms with E-state index in [2.05, 4.69) is 26.1 Å². The van der Waals surface area contributed by atoms with Gasteiger partial charge in [-0.2, -0.15) is 0 Å². The number of benzene rings is 1.